The molecule has 0 aliphatic rings. The third kappa shape index (κ3) is 2.06. The molecule has 0 bridgehead atoms. The minimum Gasteiger partial charge on any atom is -0.316 e. The van der Waals surface area contributed by atoms with Crippen molar-refractivity contribution >= 4 is 11.0 Å². The van der Waals surface area contributed by atoms with Gasteiger partial charge in [0.15, 0.2) is 0 Å². The average molecular weight is 226 g/mol. The fourth-order valence-corrected chi connectivity index (χ4v) is 2.32. The SMILES string of the molecule is C#CCn1c(C(CC)CC)nc2ccccc21. The highest BCUT2D eigenvalue weighted by molar-refractivity contribution is 5.76. The van der Waals surface area contributed by atoms with Gasteiger partial charge in [0.05, 0.1) is 17.6 Å². The monoisotopic (exact) mass is 226 g/mol. The minimum absolute atomic E-state index is 0.496. The zero-order valence-corrected chi connectivity index (χ0v) is 10.5. The summed E-state index contributed by atoms with van der Waals surface area (Å²) >= 11 is 0. The molecule has 0 amide bonds. The lowest BCUT2D eigenvalue weighted by Gasteiger charge is -2.13. The van der Waals surface area contributed by atoms with E-state index in [2.05, 4.69) is 30.4 Å². The molecular weight excluding hydrogens is 208 g/mol. The van der Waals surface area contributed by atoms with Crippen molar-refractivity contribution in [3.05, 3.63) is 30.1 Å². The number of aromatic nitrogens is 2. The normalized spacial score (nSPS) is 10.9. The van der Waals surface area contributed by atoms with Crippen molar-refractivity contribution in [3.63, 3.8) is 0 Å². The second-order valence-electron chi connectivity index (χ2n) is 4.26. The van der Waals surface area contributed by atoms with Crippen LogP contribution in [0.15, 0.2) is 24.3 Å². The standard InChI is InChI=1S/C15H18N2/c1-4-11-17-14-10-8-7-9-13(14)16-15(17)12(5-2)6-3/h1,7-10,12H,5-6,11H2,2-3H3. The Kier molecular flexibility index (Phi) is 3.49. The molecule has 1 aromatic heterocycles. The first-order valence-electron chi connectivity index (χ1n) is 6.20. The summed E-state index contributed by atoms with van der Waals surface area (Å²) in [6.07, 6.45) is 7.67. The predicted molar refractivity (Wildman–Crippen MR) is 71.9 cm³/mol. The maximum absolute atomic E-state index is 5.46. The fourth-order valence-electron chi connectivity index (χ4n) is 2.32. The molecule has 2 nitrogen and oxygen atoms in total. The Morgan fingerprint density at radius 2 is 2.00 bits per heavy atom. The van der Waals surface area contributed by atoms with Crippen LogP contribution in [0.25, 0.3) is 11.0 Å². The molecule has 0 fully saturated rings. The zero-order chi connectivity index (χ0) is 12.3. The van der Waals surface area contributed by atoms with Crippen molar-refractivity contribution in [2.24, 2.45) is 0 Å². The van der Waals surface area contributed by atoms with E-state index in [1.54, 1.807) is 0 Å². The van der Waals surface area contributed by atoms with Crippen LogP contribution in [-0.4, -0.2) is 9.55 Å². The molecule has 2 heteroatoms. The lowest BCUT2D eigenvalue weighted by atomic mass is 10.0. The molecule has 88 valence electrons. The number of fused-ring (bicyclic) bond motifs is 1. The van der Waals surface area contributed by atoms with E-state index >= 15 is 0 Å². The molecule has 2 aromatic rings. The number of imidazole rings is 1. The van der Waals surface area contributed by atoms with Crippen LogP contribution >= 0.6 is 0 Å². The van der Waals surface area contributed by atoms with Gasteiger partial charge in [-0.2, -0.15) is 0 Å². The molecule has 0 saturated carbocycles. The van der Waals surface area contributed by atoms with Crippen LogP contribution in [0.1, 0.15) is 38.4 Å². The fraction of sp³-hybridized carbons (Fsp3) is 0.400. The van der Waals surface area contributed by atoms with E-state index in [0.717, 1.165) is 29.7 Å². The molecule has 1 heterocycles. The van der Waals surface area contributed by atoms with Gasteiger partial charge in [-0.1, -0.05) is 31.9 Å². The smallest absolute Gasteiger partial charge is 0.113 e. The van der Waals surface area contributed by atoms with E-state index < -0.39 is 0 Å². The van der Waals surface area contributed by atoms with Gasteiger partial charge >= 0.3 is 0 Å². The molecule has 0 aliphatic heterocycles. The van der Waals surface area contributed by atoms with Gasteiger partial charge in [0, 0.05) is 5.92 Å². The first-order chi connectivity index (χ1) is 8.31. The molecule has 2 rings (SSSR count). The maximum Gasteiger partial charge on any atom is 0.113 e. The topological polar surface area (TPSA) is 17.8 Å². The van der Waals surface area contributed by atoms with Crippen molar-refractivity contribution in [2.75, 3.05) is 0 Å². The average Bonchev–Trinajstić information content (AvgIpc) is 2.71. The second-order valence-corrected chi connectivity index (χ2v) is 4.26. The Labute approximate surface area is 103 Å². The number of benzene rings is 1. The number of rotatable bonds is 4. The Bertz CT molecular complexity index is 542. The van der Waals surface area contributed by atoms with Crippen LogP contribution in [0.3, 0.4) is 0 Å². The van der Waals surface area contributed by atoms with E-state index in [1.165, 1.54) is 0 Å². The van der Waals surface area contributed by atoms with Crippen LogP contribution in [0, 0.1) is 12.3 Å². The molecule has 0 unspecified atom stereocenters. The molecule has 0 N–H and O–H groups in total. The summed E-state index contributed by atoms with van der Waals surface area (Å²) < 4.78 is 2.17. The molecule has 1 aromatic carbocycles. The molecule has 0 atom stereocenters. The van der Waals surface area contributed by atoms with Gasteiger partial charge in [-0.05, 0) is 25.0 Å². The number of hydrogen-bond donors (Lipinski definition) is 0. The van der Waals surface area contributed by atoms with Crippen LogP contribution in [-0.2, 0) is 6.54 Å². The molecule has 17 heavy (non-hydrogen) atoms. The Balaban J connectivity index is 2.61. The van der Waals surface area contributed by atoms with Crippen LogP contribution < -0.4 is 0 Å². The van der Waals surface area contributed by atoms with Crippen LogP contribution in [0.5, 0.6) is 0 Å². The first kappa shape index (κ1) is 11.7. The van der Waals surface area contributed by atoms with Crippen molar-refractivity contribution in [2.45, 2.75) is 39.2 Å². The third-order valence-electron chi connectivity index (χ3n) is 3.28. The summed E-state index contributed by atoms with van der Waals surface area (Å²) in [5.74, 6) is 4.36. The molecule has 0 saturated heterocycles. The molecule has 0 aliphatic carbocycles. The number of nitrogens with zero attached hydrogens (tertiary/aromatic N) is 2. The van der Waals surface area contributed by atoms with Gasteiger partial charge in [0.1, 0.15) is 5.82 Å². The van der Waals surface area contributed by atoms with Gasteiger partial charge in [-0.3, -0.25) is 0 Å². The quantitative estimate of drug-likeness (QED) is 0.729. The summed E-state index contributed by atoms with van der Waals surface area (Å²) in [6, 6.07) is 8.19. The van der Waals surface area contributed by atoms with E-state index in [0.29, 0.717) is 12.5 Å². The van der Waals surface area contributed by atoms with Gasteiger partial charge in [0.25, 0.3) is 0 Å². The molecule has 0 spiro atoms. The highest BCUT2D eigenvalue weighted by Crippen LogP contribution is 2.26. The van der Waals surface area contributed by atoms with Crippen molar-refractivity contribution in [3.8, 4) is 12.3 Å². The van der Waals surface area contributed by atoms with E-state index in [-0.39, 0.29) is 0 Å². The van der Waals surface area contributed by atoms with Gasteiger partial charge in [-0.25, -0.2) is 4.98 Å². The van der Waals surface area contributed by atoms with Crippen molar-refractivity contribution in [1.82, 2.24) is 9.55 Å². The van der Waals surface area contributed by atoms with E-state index in [9.17, 15) is 0 Å². The lowest BCUT2D eigenvalue weighted by molar-refractivity contribution is 0.575. The Morgan fingerprint density at radius 1 is 1.29 bits per heavy atom. The minimum atomic E-state index is 0.496. The molecule has 0 radical (unpaired) electrons. The summed E-state index contributed by atoms with van der Waals surface area (Å²) in [5.41, 5.74) is 2.19. The van der Waals surface area contributed by atoms with Gasteiger partial charge in [-0.15, -0.1) is 6.42 Å². The second kappa shape index (κ2) is 5.05. The number of para-hydroxylation sites is 2. The van der Waals surface area contributed by atoms with E-state index in [1.807, 2.05) is 18.2 Å². The van der Waals surface area contributed by atoms with E-state index in [4.69, 9.17) is 11.4 Å². The lowest BCUT2D eigenvalue weighted by Crippen LogP contribution is -2.07. The highest BCUT2D eigenvalue weighted by atomic mass is 15.1. The van der Waals surface area contributed by atoms with Crippen molar-refractivity contribution in [1.29, 1.82) is 0 Å². The maximum atomic E-state index is 5.46. The third-order valence-corrected chi connectivity index (χ3v) is 3.28. The van der Waals surface area contributed by atoms with Gasteiger partial charge < -0.3 is 4.57 Å². The zero-order valence-electron chi connectivity index (χ0n) is 10.5. The summed E-state index contributed by atoms with van der Waals surface area (Å²) in [6.45, 7) is 5.01. The Morgan fingerprint density at radius 3 is 2.65 bits per heavy atom. The first-order valence-corrected chi connectivity index (χ1v) is 6.20. The van der Waals surface area contributed by atoms with Crippen LogP contribution in [0.2, 0.25) is 0 Å². The highest BCUT2D eigenvalue weighted by Gasteiger charge is 2.16. The van der Waals surface area contributed by atoms with Crippen molar-refractivity contribution < 1.29 is 0 Å². The number of hydrogen-bond acceptors (Lipinski definition) is 1. The largest absolute Gasteiger partial charge is 0.316 e. The molecular formula is C15H18N2. The summed E-state index contributed by atoms with van der Waals surface area (Å²) in [7, 11) is 0. The predicted octanol–water partition coefficient (Wildman–Crippen LogP) is 3.57. The summed E-state index contributed by atoms with van der Waals surface area (Å²) in [5, 5.41) is 0. The Hall–Kier alpha value is -1.75. The number of terminal acetylenes is 1. The summed E-state index contributed by atoms with van der Waals surface area (Å²) in [4.78, 5) is 4.74. The van der Waals surface area contributed by atoms with Crippen LogP contribution in [0.4, 0.5) is 0 Å². The van der Waals surface area contributed by atoms with Gasteiger partial charge in [0.2, 0.25) is 0 Å².